The average molecular weight is 444 g/mol. The number of carbonyl (C=O) groups excluding carboxylic acids is 1. The Morgan fingerprint density at radius 1 is 1.16 bits per heavy atom. The molecule has 0 spiro atoms. The van der Waals surface area contributed by atoms with Gasteiger partial charge in [0.25, 0.3) is 0 Å². The Morgan fingerprint density at radius 3 is 2.58 bits per heavy atom. The van der Waals surface area contributed by atoms with Crippen molar-refractivity contribution < 1.29 is 22.1 Å². The highest BCUT2D eigenvalue weighted by atomic mass is 32.2. The summed E-state index contributed by atoms with van der Waals surface area (Å²) in [4.78, 5) is 16.3. The summed E-state index contributed by atoms with van der Waals surface area (Å²) >= 11 is 0. The molecule has 2 aromatic carbocycles. The summed E-state index contributed by atoms with van der Waals surface area (Å²) in [5.41, 5.74) is 1.33. The van der Waals surface area contributed by atoms with E-state index in [1.165, 1.54) is 30.3 Å². The predicted molar refractivity (Wildman–Crippen MR) is 113 cm³/mol. The fraction of sp³-hybridized carbons (Fsp3) is 0.190. The van der Waals surface area contributed by atoms with Gasteiger partial charge in [-0.05, 0) is 42.8 Å². The van der Waals surface area contributed by atoms with Gasteiger partial charge in [0.15, 0.2) is 0 Å². The Hall–Kier alpha value is -3.37. The number of nitrogens with zero attached hydrogens (tertiary/aromatic N) is 2. The van der Waals surface area contributed by atoms with Gasteiger partial charge in [-0.3, -0.25) is 4.79 Å². The number of rotatable bonds is 9. The Morgan fingerprint density at radius 2 is 1.87 bits per heavy atom. The first-order valence-corrected chi connectivity index (χ1v) is 11.0. The zero-order valence-electron chi connectivity index (χ0n) is 16.7. The van der Waals surface area contributed by atoms with Crippen LogP contribution in [0.25, 0.3) is 17.5 Å². The highest BCUT2D eigenvalue weighted by Gasteiger charge is 2.17. The SMILES string of the molecule is CC(NC(=O)CCNS(=O)(=O)/C=C/c1ccccc1)c1nc(-c2ccc(F)cc2)no1. The molecule has 1 unspecified atom stereocenters. The molecule has 1 atom stereocenters. The number of hydrogen-bond acceptors (Lipinski definition) is 6. The third-order valence-electron chi connectivity index (χ3n) is 4.19. The zero-order chi connectivity index (χ0) is 22.3. The summed E-state index contributed by atoms with van der Waals surface area (Å²) in [5.74, 6) is -0.309. The molecule has 10 heteroatoms. The topological polar surface area (TPSA) is 114 Å². The van der Waals surface area contributed by atoms with Crippen molar-refractivity contribution in [3.63, 3.8) is 0 Å². The van der Waals surface area contributed by atoms with Crippen molar-refractivity contribution in [3.8, 4) is 11.4 Å². The highest BCUT2D eigenvalue weighted by Crippen LogP contribution is 2.19. The lowest BCUT2D eigenvalue weighted by Gasteiger charge is -2.09. The van der Waals surface area contributed by atoms with E-state index in [1.807, 2.05) is 6.07 Å². The maximum absolute atomic E-state index is 13.0. The fourth-order valence-corrected chi connectivity index (χ4v) is 3.41. The maximum Gasteiger partial charge on any atom is 0.249 e. The first-order valence-electron chi connectivity index (χ1n) is 9.44. The van der Waals surface area contributed by atoms with Crippen molar-refractivity contribution in [1.82, 2.24) is 20.2 Å². The van der Waals surface area contributed by atoms with E-state index < -0.39 is 16.1 Å². The molecule has 1 aromatic heterocycles. The molecule has 1 amide bonds. The van der Waals surface area contributed by atoms with Gasteiger partial charge in [0.2, 0.25) is 27.6 Å². The normalized spacial score (nSPS) is 12.7. The number of sulfonamides is 1. The minimum atomic E-state index is -3.66. The quantitative estimate of drug-likeness (QED) is 0.524. The molecule has 0 aliphatic rings. The second kappa shape index (κ2) is 10.1. The molecule has 0 aliphatic carbocycles. The second-order valence-corrected chi connectivity index (χ2v) is 8.31. The highest BCUT2D eigenvalue weighted by molar-refractivity contribution is 7.92. The molecule has 3 rings (SSSR count). The lowest BCUT2D eigenvalue weighted by molar-refractivity contribution is -0.121. The van der Waals surface area contributed by atoms with Crippen LogP contribution in [-0.2, 0) is 14.8 Å². The monoisotopic (exact) mass is 444 g/mol. The number of carbonyl (C=O) groups is 1. The van der Waals surface area contributed by atoms with Gasteiger partial charge in [0, 0.05) is 23.9 Å². The van der Waals surface area contributed by atoms with Crippen molar-refractivity contribution >= 4 is 22.0 Å². The third-order valence-corrected chi connectivity index (χ3v) is 5.29. The molecule has 162 valence electrons. The van der Waals surface area contributed by atoms with Crippen LogP contribution in [-0.4, -0.2) is 31.0 Å². The van der Waals surface area contributed by atoms with E-state index in [-0.39, 0.29) is 36.4 Å². The van der Waals surface area contributed by atoms with Crippen molar-refractivity contribution in [3.05, 3.63) is 77.3 Å². The molecule has 0 fully saturated rings. The Balaban J connectivity index is 1.47. The molecule has 8 nitrogen and oxygen atoms in total. The van der Waals surface area contributed by atoms with Gasteiger partial charge >= 0.3 is 0 Å². The van der Waals surface area contributed by atoms with Crippen molar-refractivity contribution in [2.24, 2.45) is 0 Å². The number of benzene rings is 2. The van der Waals surface area contributed by atoms with E-state index in [4.69, 9.17) is 4.52 Å². The molecule has 31 heavy (non-hydrogen) atoms. The summed E-state index contributed by atoms with van der Waals surface area (Å²) in [6.45, 7) is 1.59. The van der Waals surface area contributed by atoms with Gasteiger partial charge in [-0.2, -0.15) is 4.98 Å². The molecule has 0 saturated carbocycles. The Labute approximate surface area is 179 Å². The summed E-state index contributed by atoms with van der Waals surface area (Å²) in [6.07, 6.45) is 1.40. The Kier molecular flexibility index (Phi) is 7.27. The van der Waals surface area contributed by atoms with E-state index in [2.05, 4.69) is 20.2 Å². The molecule has 1 heterocycles. The van der Waals surface area contributed by atoms with E-state index >= 15 is 0 Å². The van der Waals surface area contributed by atoms with Crippen LogP contribution in [0.2, 0.25) is 0 Å². The number of nitrogens with one attached hydrogen (secondary N) is 2. The molecule has 0 saturated heterocycles. The van der Waals surface area contributed by atoms with Crippen LogP contribution in [0, 0.1) is 5.82 Å². The van der Waals surface area contributed by atoms with Crippen molar-refractivity contribution in [2.45, 2.75) is 19.4 Å². The van der Waals surface area contributed by atoms with E-state index in [1.54, 1.807) is 31.2 Å². The summed E-state index contributed by atoms with van der Waals surface area (Å²) in [5, 5.41) is 7.55. The first kappa shape index (κ1) is 22.3. The molecular formula is C21H21FN4O4S. The van der Waals surface area contributed by atoms with Crippen LogP contribution in [0.15, 0.2) is 64.5 Å². The molecule has 0 radical (unpaired) electrons. The van der Waals surface area contributed by atoms with Gasteiger partial charge < -0.3 is 9.84 Å². The van der Waals surface area contributed by atoms with Gasteiger partial charge in [-0.25, -0.2) is 17.5 Å². The molecule has 0 bridgehead atoms. The molecule has 0 aliphatic heterocycles. The standard InChI is InChI=1S/C21H21FN4O4S/c1-15(21-25-20(26-30-21)17-7-9-18(22)10-8-17)24-19(27)11-13-23-31(28,29)14-12-16-5-3-2-4-6-16/h2-10,12,14-15,23H,11,13H2,1H3,(H,24,27)/b14-12+. The number of amides is 1. The van der Waals surface area contributed by atoms with E-state index in [0.717, 1.165) is 11.0 Å². The number of hydrogen-bond donors (Lipinski definition) is 2. The van der Waals surface area contributed by atoms with Crippen LogP contribution in [0.4, 0.5) is 4.39 Å². The lowest BCUT2D eigenvalue weighted by Crippen LogP contribution is -2.31. The van der Waals surface area contributed by atoms with Gasteiger partial charge in [-0.15, -0.1) is 0 Å². The van der Waals surface area contributed by atoms with Crippen LogP contribution in [0.3, 0.4) is 0 Å². The smallest absolute Gasteiger partial charge is 0.249 e. The summed E-state index contributed by atoms with van der Waals surface area (Å²) in [7, 11) is -3.66. The van der Waals surface area contributed by atoms with Crippen LogP contribution >= 0.6 is 0 Å². The lowest BCUT2D eigenvalue weighted by atomic mass is 10.2. The zero-order valence-corrected chi connectivity index (χ0v) is 17.5. The maximum atomic E-state index is 13.0. The third kappa shape index (κ3) is 6.83. The van der Waals surface area contributed by atoms with Crippen molar-refractivity contribution in [2.75, 3.05) is 6.54 Å². The molecule has 3 aromatic rings. The average Bonchev–Trinajstić information content (AvgIpc) is 3.24. The second-order valence-electron chi connectivity index (χ2n) is 6.66. The van der Waals surface area contributed by atoms with Crippen LogP contribution in [0.5, 0.6) is 0 Å². The summed E-state index contributed by atoms with van der Waals surface area (Å²) in [6, 6.07) is 14.0. The summed E-state index contributed by atoms with van der Waals surface area (Å²) < 4.78 is 44.5. The van der Waals surface area contributed by atoms with Gasteiger partial charge in [-0.1, -0.05) is 35.5 Å². The van der Waals surface area contributed by atoms with Gasteiger partial charge in [0.1, 0.15) is 11.9 Å². The number of aromatic nitrogens is 2. The van der Waals surface area contributed by atoms with E-state index in [9.17, 15) is 17.6 Å². The minimum absolute atomic E-state index is 0.0648. The predicted octanol–water partition coefficient (Wildman–Crippen LogP) is 3.03. The number of halogens is 1. The molecular weight excluding hydrogens is 423 g/mol. The van der Waals surface area contributed by atoms with Crippen LogP contribution in [0.1, 0.15) is 30.8 Å². The largest absolute Gasteiger partial charge is 0.345 e. The molecule has 2 N–H and O–H groups in total. The van der Waals surface area contributed by atoms with E-state index in [0.29, 0.717) is 5.56 Å². The van der Waals surface area contributed by atoms with Crippen LogP contribution < -0.4 is 10.0 Å². The fourth-order valence-electron chi connectivity index (χ4n) is 2.59. The minimum Gasteiger partial charge on any atom is -0.345 e. The van der Waals surface area contributed by atoms with Crippen molar-refractivity contribution in [1.29, 1.82) is 0 Å². The first-order chi connectivity index (χ1) is 14.8. The van der Waals surface area contributed by atoms with Gasteiger partial charge in [0.05, 0.1) is 0 Å². The Bertz CT molecular complexity index is 1150.